The normalized spacial score (nSPS) is 10.1. The summed E-state index contributed by atoms with van der Waals surface area (Å²) in [4.78, 5) is 27.6. The van der Waals surface area contributed by atoms with Crippen molar-refractivity contribution < 1.29 is 9.59 Å². The van der Waals surface area contributed by atoms with E-state index < -0.39 is 0 Å². The summed E-state index contributed by atoms with van der Waals surface area (Å²) in [6.07, 6.45) is 1.60. The number of ketones is 1. The van der Waals surface area contributed by atoms with Crippen LogP contribution in [0.15, 0.2) is 72.9 Å². The molecule has 0 unspecified atom stereocenters. The largest absolute Gasteiger partial charge is 0.354 e. The molecular formula is C20H17N3O2. The summed E-state index contributed by atoms with van der Waals surface area (Å²) >= 11 is 0. The fourth-order valence-electron chi connectivity index (χ4n) is 2.27. The molecular weight excluding hydrogens is 314 g/mol. The van der Waals surface area contributed by atoms with Gasteiger partial charge in [-0.05, 0) is 55.5 Å². The van der Waals surface area contributed by atoms with Crippen molar-refractivity contribution in [2.75, 3.05) is 10.6 Å². The van der Waals surface area contributed by atoms with E-state index >= 15 is 0 Å². The molecule has 5 nitrogen and oxygen atoms in total. The van der Waals surface area contributed by atoms with Crippen LogP contribution in [0.1, 0.15) is 27.8 Å². The number of amides is 1. The van der Waals surface area contributed by atoms with Crippen molar-refractivity contribution in [2.24, 2.45) is 0 Å². The number of benzene rings is 2. The maximum Gasteiger partial charge on any atom is 0.274 e. The quantitative estimate of drug-likeness (QED) is 0.685. The molecule has 124 valence electrons. The lowest BCUT2D eigenvalue weighted by molar-refractivity contribution is 0.101. The molecule has 2 aromatic carbocycles. The van der Waals surface area contributed by atoms with Crippen LogP contribution in [0.25, 0.3) is 0 Å². The number of rotatable bonds is 5. The number of anilines is 3. The van der Waals surface area contributed by atoms with Gasteiger partial charge in [-0.3, -0.25) is 9.59 Å². The molecule has 0 bridgehead atoms. The van der Waals surface area contributed by atoms with Gasteiger partial charge in [0.15, 0.2) is 5.78 Å². The van der Waals surface area contributed by atoms with Crippen LogP contribution in [-0.2, 0) is 0 Å². The summed E-state index contributed by atoms with van der Waals surface area (Å²) in [5, 5.41) is 5.97. The van der Waals surface area contributed by atoms with Crippen molar-refractivity contribution in [3.8, 4) is 0 Å². The fourth-order valence-corrected chi connectivity index (χ4v) is 2.27. The van der Waals surface area contributed by atoms with Gasteiger partial charge in [0, 0.05) is 16.9 Å². The van der Waals surface area contributed by atoms with Gasteiger partial charge < -0.3 is 10.6 Å². The second-order valence-electron chi connectivity index (χ2n) is 5.51. The number of aromatic nitrogens is 1. The minimum atomic E-state index is -0.261. The number of carbonyl (C=O) groups excluding carboxylic acids is 2. The Labute approximate surface area is 145 Å². The molecule has 5 heteroatoms. The highest BCUT2D eigenvalue weighted by atomic mass is 16.1. The summed E-state index contributed by atoms with van der Waals surface area (Å²) in [7, 11) is 0. The van der Waals surface area contributed by atoms with Gasteiger partial charge in [-0.25, -0.2) is 4.98 Å². The first-order chi connectivity index (χ1) is 12.1. The number of nitrogens with zero attached hydrogens (tertiary/aromatic N) is 1. The number of Topliss-reactive ketones (excluding diaryl/α,β-unsaturated/α-hetero) is 1. The Balaban J connectivity index is 1.65. The van der Waals surface area contributed by atoms with E-state index in [4.69, 9.17) is 0 Å². The van der Waals surface area contributed by atoms with E-state index in [-0.39, 0.29) is 11.7 Å². The standard InChI is InChI=1S/C20H17N3O2/c1-14(24)15-7-9-17(10-8-15)22-18-11-12-19(21-13-18)20(25)23-16-5-3-2-4-6-16/h2-13,22H,1H3,(H,23,25). The van der Waals surface area contributed by atoms with Crippen LogP contribution >= 0.6 is 0 Å². The maximum absolute atomic E-state index is 12.2. The van der Waals surface area contributed by atoms with Crippen LogP contribution in [-0.4, -0.2) is 16.7 Å². The van der Waals surface area contributed by atoms with Crippen LogP contribution in [0.3, 0.4) is 0 Å². The minimum absolute atomic E-state index is 0.0296. The van der Waals surface area contributed by atoms with E-state index in [1.165, 1.54) is 6.92 Å². The zero-order chi connectivity index (χ0) is 17.6. The molecule has 0 fully saturated rings. The highest BCUT2D eigenvalue weighted by Crippen LogP contribution is 2.17. The SMILES string of the molecule is CC(=O)c1ccc(Nc2ccc(C(=O)Nc3ccccc3)nc2)cc1. The van der Waals surface area contributed by atoms with E-state index in [0.717, 1.165) is 17.1 Å². The first kappa shape index (κ1) is 16.4. The number of hydrogen-bond acceptors (Lipinski definition) is 4. The van der Waals surface area contributed by atoms with Crippen LogP contribution < -0.4 is 10.6 Å². The van der Waals surface area contributed by atoms with Gasteiger partial charge >= 0.3 is 0 Å². The predicted octanol–water partition coefficient (Wildman–Crippen LogP) is 4.28. The molecule has 0 aliphatic carbocycles. The second kappa shape index (κ2) is 7.40. The third-order valence-electron chi connectivity index (χ3n) is 3.61. The Kier molecular flexibility index (Phi) is 4.85. The van der Waals surface area contributed by atoms with Crippen molar-refractivity contribution in [1.82, 2.24) is 4.98 Å². The van der Waals surface area contributed by atoms with E-state index in [1.807, 2.05) is 42.5 Å². The van der Waals surface area contributed by atoms with Gasteiger partial charge in [-0.15, -0.1) is 0 Å². The first-order valence-corrected chi connectivity index (χ1v) is 7.82. The molecule has 1 aromatic heterocycles. The molecule has 2 N–H and O–H groups in total. The summed E-state index contributed by atoms with van der Waals surface area (Å²) in [5.74, 6) is -0.231. The molecule has 1 heterocycles. The molecule has 0 aliphatic heterocycles. The summed E-state index contributed by atoms with van der Waals surface area (Å²) < 4.78 is 0. The average Bonchev–Trinajstić information content (AvgIpc) is 2.63. The lowest BCUT2D eigenvalue weighted by Crippen LogP contribution is -2.13. The summed E-state index contributed by atoms with van der Waals surface area (Å²) in [5.41, 5.74) is 3.32. The smallest absolute Gasteiger partial charge is 0.274 e. The predicted molar refractivity (Wildman–Crippen MR) is 98.4 cm³/mol. The molecule has 0 atom stereocenters. The number of para-hydroxylation sites is 1. The van der Waals surface area contributed by atoms with E-state index in [0.29, 0.717) is 11.3 Å². The fraction of sp³-hybridized carbons (Fsp3) is 0.0500. The molecule has 0 spiro atoms. The van der Waals surface area contributed by atoms with Gasteiger partial charge in [0.05, 0.1) is 11.9 Å². The Morgan fingerprint density at radius 3 is 2.08 bits per heavy atom. The van der Waals surface area contributed by atoms with Gasteiger partial charge in [-0.2, -0.15) is 0 Å². The third-order valence-corrected chi connectivity index (χ3v) is 3.61. The molecule has 0 aliphatic rings. The van der Waals surface area contributed by atoms with Gasteiger partial charge in [-0.1, -0.05) is 18.2 Å². The van der Waals surface area contributed by atoms with Crippen LogP contribution in [0.4, 0.5) is 17.1 Å². The summed E-state index contributed by atoms with van der Waals surface area (Å²) in [6, 6.07) is 19.9. The lowest BCUT2D eigenvalue weighted by atomic mass is 10.1. The average molecular weight is 331 g/mol. The minimum Gasteiger partial charge on any atom is -0.354 e. The second-order valence-corrected chi connectivity index (χ2v) is 5.51. The third kappa shape index (κ3) is 4.29. The van der Waals surface area contributed by atoms with Crippen molar-refractivity contribution in [3.63, 3.8) is 0 Å². The van der Waals surface area contributed by atoms with Crippen molar-refractivity contribution in [1.29, 1.82) is 0 Å². The monoisotopic (exact) mass is 331 g/mol. The number of hydrogen-bond donors (Lipinski definition) is 2. The van der Waals surface area contributed by atoms with Crippen LogP contribution in [0.5, 0.6) is 0 Å². The zero-order valence-electron chi connectivity index (χ0n) is 13.7. The van der Waals surface area contributed by atoms with E-state index in [1.54, 1.807) is 30.5 Å². The Hall–Kier alpha value is -3.47. The summed E-state index contributed by atoms with van der Waals surface area (Å²) in [6.45, 7) is 1.53. The molecule has 0 saturated heterocycles. The molecule has 1 amide bonds. The molecule has 25 heavy (non-hydrogen) atoms. The number of nitrogens with one attached hydrogen (secondary N) is 2. The van der Waals surface area contributed by atoms with Gasteiger partial charge in [0.1, 0.15) is 5.69 Å². The lowest BCUT2D eigenvalue weighted by Gasteiger charge is -2.08. The molecule has 3 aromatic rings. The zero-order valence-corrected chi connectivity index (χ0v) is 13.7. The van der Waals surface area contributed by atoms with E-state index in [2.05, 4.69) is 15.6 Å². The Bertz CT molecular complexity index is 873. The van der Waals surface area contributed by atoms with Crippen LogP contribution in [0.2, 0.25) is 0 Å². The topological polar surface area (TPSA) is 71.1 Å². The van der Waals surface area contributed by atoms with Gasteiger partial charge in [0.2, 0.25) is 0 Å². The molecule has 3 rings (SSSR count). The van der Waals surface area contributed by atoms with E-state index in [9.17, 15) is 9.59 Å². The first-order valence-electron chi connectivity index (χ1n) is 7.82. The van der Waals surface area contributed by atoms with Crippen molar-refractivity contribution in [2.45, 2.75) is 6.92 Å². The van der Waals surface area contributed by atoms with Crippen LogP contribution in [0, 0.1) is 0 Å². The number of carbonyl (C=O) groups is 2. The number of pyridine rings is 1. The van der Waals surface area contributed by atoms with Crippen molar-refractivity contribution in [3.05, 3.63) is 84.2 Å². The molecule has 0 saturated carbocycles. The Morgan fingerprint density at radius 2 is 1.48 bits per heavy atom. The van der Waals surface area contributed by atoms with Crippen molar-refractivity contribution >= 4 is 28.8 Å². The highest BCUT2D eigenvalue weighted by Gasteiger charge is 2.07. The maximum atomic E-state index is 12.2. The molecule has 0 radical (unpaired) electrons. The Morgan fingerprint density at radius 1 is 0.800 bits per heavy atom. The highest BCUT2D eigenvalue weighted by molar-refractivity contribution is 6.03. The van der Waals surface area contributed by atoms with Gasteiger partial charge in [0.25, 0.3) is 5.91 Å².